The van der Waals surface area contributed by atoms with Gasteiger partial charge in [-0.05, 0) is 60.7 Å². The van der Waals surface area contributed by atoms with E-state index in [1.165, 1.54) is 20.2 Å². The maximum Gasteiger partial charge on any atom is 0.227 e. The minimum atomic E-state index is 0.554. The number of para-hydroxylation sites is 2. The van der Waals surface area contributed by atoms with Crippen LogP contribution in [0.4, 0.5) is 0 Å². The van der Waals surface area contributed by atoms with E-state index in [9.17, 15) is 0 Å². The lowest BCUT2D eigenvalue weighted by Gasteiger charge is -2.09. The first-order chi connectivity index (χ1) is 23.2. The minimum absolute atomic E-state index is 0.554. The third kappa shape index (κ3) is 4.25. The summed E-state index contributed by atoms with van der Waals surface area (Å²) in [4.78, 5) is 19.8. The predicted molar refractivity (Wildman–Crippen MR) is 189 cm³/mol. The van der Waals surface area contributed by atoms with E-state index in [4.69, 9.17) is 23.8 Å². The van der Waals surface area contributed by atoms with Crippen molar-refractivity contribution in [2.24, 2.45) is 0 Å². The summed E-state index contributed by atoms with van der Waals surface area (Å²) in [6.45, 7) is 0. The number of hydrogen-bond acceptors (Lipinski definition) is 7. The van der Waals surface area contributed by atoms with Gasteiger partial charge in [-0.25, -0.2) is 19.9 Å². The Morgan fingerprint density at radius 3 is 2.09 bits per heavy atom. The normalized spacial score (nSPS) is 11.8. The van der Waals surface area contributed by atoms with Crippen LogP contribution < -0.4 is 0 Å². The molecule has 0 fully saturated rings. The van der Waals surface area contributed by atoms with Crippen LogP contribution in [0, 0.1) is 0 Å². The molecule has 0 aliphatic rings. The van der Waals surface area contributed by atoms with Gasteiger partial charge in [-0.2, -0.15) is 0 Å². The summed E-state index contributed by atoms with van der Waals surface area (Å²) in [5, 5.41) is 4.34. The zero-order valence-electron chi connectivity index (χ0n) is 24.7. The van der Waals surface area contributed by atoms with Crippen molar-refractivity contribution < 1.29 is 8.83 Å². The van der Waals surface area contributed by atoms with Crippen LogP contribution in [0.15, 0.2) is 142 Å². The average molecular weight is 623 g/mol. The van der Waals surface area contributed by atoms with Crippen molar-refractivity contribution in [3.63, 3.8) is 0 Å². The van der Waals surface area contributed by atoms with Crippen LogP contribution in [0.5, 0.6) is 0 Å². The first-order valence-corrected chi connectivity index (χ1v) is 16.1. The number of oxazole rings is 1. The fraction of sp³-hybridized carbons (Fsp3) is 0. The highest BCUT2D eigenvalue weighted by Gasteiger charge is 2.19. The van der Waals surface area contributed by atoms with Crippen LogP contribution in [0.3, 0.4) is 0 Å². The third-order valence-electron chi connectivity index (χ3n) is 8.58. The lowest BCUT2D eigenvalue weighted by Crippen LogP contribution is -2.00. The largest absolute Gasteiger partial charge is 0.456 e. The molecule has 10 rings (SSSR count). The van der Waals surface area contributed by atoms with Gasteiger partial charge in [0.1, 0.15) is 16.7 Å². The number of fused-ring (bicyclic) bond motifs is 7. The molecule has 0 unspecified atom stereocenters. The van der Waals surface area contributed by atoms with Crippen LogP contribution in [0.25, 0.3) is 98.8 Å². The van der Waals surface area contributed by atoms with E-state index in [1.54, 1.807) is 11.3 Å². The predicted octanol–water partition coefficient (Wildman–Crippen LogP) is 10.9. The number of nitrogens with zero attached hydrogens (tertiary/aromatic N) is 4. The Balaban J connectivity index is 1.16. The lowest BCUT2D eigenvalue weighted by molar-refractivity contribution is 0.619. The Morgan fingerprint density at radius 1 is 0.426 bits per heavy atom. The van der Waals surface area contributed by atoms with Gasteiger partial charge in [0.15, 0.2) is 23.1 Å². The van der Waals surface area contributed by atoms with Crippen molar-refractivity contribution in [3.8, 4) is 45.6 Å². The van der Waals surface area contributed by atoms with Gasteiger partial charge in [-0.15, -0.1) is 11.3 Å². The Bertz CT molecular complexity index is 2780. The van der Waals surface area contributed by atoms with Gasteiger partial charge >= 0.3 is 0 Å². The van der Waals surface area contributed by atoms with E-state index >= 15 is 0 Å². The van der Waals surface area contributed by atoms with Gasteiger partial charge in [0.2, 0.25) is 5.89 Å². The number of rotatable bonds is 4. The maximum absolute atomic E-state index is 6.42. The van der Waals surface area contributed by atoms with Crippen LogP contribution in [0.2, 0.25) is 0 Å². The second kappa shape index (κ2) is 10.2. The van der Waals surface area contributed by atoms with Gasteiger partial charge < -0.3 is 8.83 Å². The van der Waals surface area contributed by atoms with Crippen LogP contribution in [-0.2, 0) is 0 Å². The Kier molecular flexibility index (Phi) is 5.64. The molecule has 47 heavy (non-hydrogen) atoms. The molecule has 0 N–H and O–H groups in total. The van der Waals surface area contributed by atoms with E-state index in [2.05, 4.69) is 59.6 Å². The topological polar surface area (TPSA) is 77.8 Å². The molecule has 0 radical (unpaired) electrons. The van der Waals surface area contributed by atoms with E-state index in [0.717, 1.165) is 55.3 Å². The molecule has 10 aromatic rings. The lowest BCUT2D eigenvalue weighted by atomic mass is 10.0. The Morgan fingerprint density at radius 2 is 1.17 bits per heavy atom. The molecule has 0 saturated carbocycles. The maximum atomic E-state index is 6.42. The molecule has 0 spiro atoms. The molecular weight excluding hydrogens is 601 g/mol. The summed E-state index contributed by atoms with van der Waals surface area (Å²) < 4.78 is 15.0. The van der Waals surface area contributed by atoms with Crippen LogP contribution in [0.1, 0.15) is 0 Å². The van der Waals surface area contributed by atoms with Crippen molar-refractivity contribution in [2.45, 2.75) is 0 Å². The van der Waals surface area contributed by atoms with Gasteiger partial charge in [-0.1, -0.05) is 72.8 Å². The van der Waals surface area contributed by atoms with Crippen molar-refractivity contribution in [1.82, 2.24) is 19.9 Å². The second-order valence-electron chi connectivity index (χ2n) is 11.5. The van der Waals surface area contributed by atoms with E-state index in [0.29, 0.717) is 23.4 Å². The zero-order chi connectivity index (χ0) is 30.9. The summed E-state index contributed by atoms with van der Waals surface area (Å²) in [5.41, 5.74) is 6.64. The third-order valence-corrected chi connectivity index (χ3v) is 9.73. The Labute approximate surface area is 271 Å². The average Bonchev–Trinajstić information content (AvgIpc) is 3.84. The smallest absolute Gasteiger partial charge is 0.227 e. The standard InChI is InChI=1S/C40H22N4O2S/c1-2-9-23(10-3-1)37-42-38(24-18-20-35-29(21-24)26-11-4-7-16-34(26)47-35)44-39(43-37)28-12-8-15-32-36(28)27-19-17-25(22-33(27)45-32)40-41-30-13-5-6-14-31(30)46-40/h1-22H. The molecule has 4 aromatic heterocycles. The molecule has 0 aliphatic carbocycles. The summed E-state index contributed by atoms with van der Waals surface area (Å²) in [7, 11) is 0. The quantitative estimate of drug-likeness (QED) is 0.194. The van der Waals surface area contributed by atoms with Crippen molar-refractivity contribution in [3.05, 3.63) is 133 Å². The zero-order valence-corrected chi connectivity index (χ0v) is 25.5. The van der Waals surface area contributed by atoms with Gasteiger partial charge in [-0.3, -0.25) is 0 Å². The highest BCUT2D eigenvalue weighted by Crippen LogP contribution is 2.39. The van der Waals surface area contributed by atoms with E-state index in [1.807, 2.05) is 78.9 Å². The number of hydrogen-bond donors (Lipinski definition) is 0. The SMILES string of the molecule is c1ccc(-c2nc(-c3ccc4sc5ccccc5c4c3)nc(-c3cccc4oc5cc(-c6nc7ccccc7o6)ccc5c34)n2)cc1. The summed E-state index contributed by atoms with van der Waals surface area (Å²) in [6, 6.07) is 44.9. The number of furan rings is 1. The van der Waals surface area contributed by atoms with E-state index in [-0.39, 0.29) is 0 Å². The molecule has 0 atom stereocenters. The fourth-order valence-electron chi connectivity index (χ4n) is 6.35. The molecule has 220 valence electrons. The van der Waals surface area contributed by atoms with Crippen molar-refractivity contribution >= 4 is 64.5 Å². The first-order valence-electron chi connectivity index (χ1n) is 15.3. The Hall–Kier alpha value is -6.18. The molecule has 0 saturated heterocycles. The van der Waals surface area contributed by atoms with Gasteiger partial charge in [0.05, 0.1) is 0 Å². The highest BCUT2D eigenvalue weighted by molar-refractivity contribution is 7.25. The van der Waals surface area contributed by atoms with Crippen LogP contribution >= 0.6 is 11.3 Å². The minimum Gasteiger partial charge on any atom is -0.456 e. The fourth-order valence-corrected chi connectivity index (χ4v) is 7.43. The number of benzene rings is 6. The molecule has 4 heterocycles. The molecule has 0 bridgehead atoms. The van der Waals surface area contributed by atoms with Crippen molar-refractivity contribution in [2.75, 3.05) is 0 Å². The van der Waals surface area contributed by atoms with Gasteiger partial charge in [0, 0.05) is 53.2 Å². The van der Waals surface area contributed by atoms with Crippen molar-refractivity contribution in [1.29, 1.82) is 0 Å². The second-order valence-corrected chi connectivity index (χ2v) is 12.5. The first kappa shape index (κ1) is 26.1. The highest BCUT2D eigenvalue weighted by atomic mass is 32.1. The summed E-state index contributed by atoms with van der Waals surface area (Å²) >= 11 is 1.80. The molecule has 6 nitrogen and oxygen atoms in total. The molecule has 0 aliphatic heterocycles. The van der Waals surface area contributed by atoms with Crippen LogP contribution in [-0.4, -0.2) is 19.9 Å². The molecule has 6 aromatic carbocycles. The van der Waals surface area contributed by atoms with Gasteiger partial charge in [0.25, 0.3) is 0 Å². The van der Waals surface area contributed by atoms with E-state index < -0.39 is 0 Å². The molecule has 7 heteroatoms. The summed E-state index contributed by atoms with van der Waals surface area (Å²) in [6.07, 6.45) is 0. The molecular formula is C40H22N4O2S. The number of aromatic nitrogens is 4. The molecule has 0 amide bonds. The number of thiophene rings is 1. The summed E-state index contributed by atoms with van der Waals surface area (Å²) in [5.74, 6) is 2.37. The monoisotopic (exact) mass is 622 g/mol.